The Labute approximate surface area is 239 Å². The van der Waals surface area contributed by atoms with Gasteiger partial charge in [-0.3, -0.25) is 4.79 Å². The molecule has 1 unspecified atom stereocenters. The van der Waals surface area contributed by atoms with Gasteiger partial charge in [-0.15, -0.1) is 0 Å². The van der Waals surface area contributed by atoms with Gasteiger partial charge < -0.3 is 10.0 Å². The molecule has 1 N–H and O–H groups in total. The lowest BCUT2D eigenvalue weighted by atomic mass is 9.79. The fourth-order valence-corrected chi connectivity index (χ4v) is 7.78. The van der Waals surface area contributed by atoms with Gasteiger partial charge >= 0.3 is 24.0 Å². The van der Waals surface area contributed by atoms with Gasteiger partial charge in [0.25, 0.3) is 0 Å². The number of rotatable bonds is 6. The Morgan fingerprint density at radius 2 is 1.35 bits per heavy atom. The molecule has 2 aromatic carbocycles. The summed E-state index contributed by atoms with van der Waals surface area (Å²) in [6.45, 7) is -0.893. The molecule has 2 aliphatic rings. The van der Waals surface area contributed by atoms with E-state index in [4.69, 9.17) is 5.11 Å². The Balaban J connectivity index is 1.74. The molecular formula is C27H24F9NO5S. The van der Waals surface area contributed by atoms with Gasteiger partial charge in [-0.2, -0.15) is 26.3 Å². The van der Waals surface area contributed by atoms with E-state index in [1.54, 1.807) is 0 Å². The summed E-state index contributed by atoms with van der Waals surface area (Å²) in [4.78, 5) is 25.2. The molecule has 1 amide bonds. The average Bonchev–Trinajstić information content (AvgIpc) is 3.39. The first kappa shape index (κ1) is 32.6. The van der Waals surface area contributed by atoms with Crippen LogP contribution in [0, 0.1) is 11.7 Å². The van der Waals surface area contributed by atoms with Crippen LogP contribution in [0.3, 0.4) is 0 Å². The number of carboxylic acid groups (broad SMARTS) is 1. The van der Waals surface area contributed by atoms with Crippen LogP contribution in [0.25, 0.3) is 0 Å². The van der Waals surface area contributed by atoms with E-state index in [-0.39, 0.29) is 37.1 Å². The highest BCUT2D eigenvalue weighted by atomic mass is 32.2. The molecule has 1 heterocycles. The number of amides is 1. The monoisotopic (exact) mass is 645 g/mol. The molecule has 0 radical (unpaired) electrons. The van der Waals surface area contributed by atoms with Crippen LogP contribution in [0.5, 0.6) is 0 Å². The Bertz CT molecular complexity index is 1470. The number of benzene rings is 2. The van der Waals surface area contributed by atoms with Crippen LogP contribution >= 0.6 is 0 Å². The van der Waals surface area contributed by atoms with Crippen molar-refractivity contribution in [2.45, 2.75) is 65.4 Å². The van der Waals surface area contributed by atoms with Crippen LogP contribution in [0.1, 0.15) is 43.2 Å². The summed E-state index contributed by atoms with van der Waals surface area (Å²) in [5.41, 5.74) is -10.5. The summed E-state index contributed by atoms with van der Waals surface area (Å²) in [6.07, 6.45) is -14.5. The van der Waals surface area contributed by atoms with Crippen LogP contribution in [-0.2, 0) is 29.8 Å². The third-order valence-corrected chi connectivity index (χ3v) is 10.8. The topological polar surface area (TPSA) is 91.8 Å². The van der Waals surface area contributed by atoms with Crippen molar-refractivity contribution >= 4 is 21.7 Å². The highest BCUT2D eigenvalue weighted by Crippen LogP contribution is 2.54. The van der Waals surface area contributed by atoms with E-state index < -0.39 is 98.2 Å². The SMILES string of the molecule is O=C(C1CCC(F)(C(=O)O)CC1)N1CCC(c2ccc(C(F)(C(F)(F)F)C(F)(F)F)cc2)(S(=O)(=O)c2ccc(F)cc2)C1. The van der Waals surface area contributed by atoms with Crippen LogP contribution < -0.4 is 0 Å². The van der Waals surface area contributed by atoms with E-state index >= 15 is 0 Å². The average molecular weight is 646 g/mol. The van der Waals surface area contributed by atoms with Gasteiger partial charge in [0.15, 0.2) is 9.84 Å². The third-order valence-electron chi connectivity index (χ3n) is 8.28. The summed E-state index contributed by atoms with van der Waals surface area (Å²) in [7, 11) is -4.64. The van der Waals surface area contributed by atoms with Crippen LogP contribution in [0.15, 0.2) is 53.4 Å². The van der Waals surface area contributed by atoms with Crippen molar-refractivity contribution in [2.24, 2.45) is 5.92 Å². The summed E-state index contributed by atoms with van der Waals surface area (Å²) in [5, 5.41) is 9.09. The summed E-state index contributed by atoms with van der Waals surface area (Å²) >= 11 is 0. The maximum Gasteiger partial charge on any atom is 0.435 e. The highest BCUT2D eigenvalue weighted by molar-refractivity contribution is 7.92. The van der Waals surface area contributed by atoms with Gasteiger partial charge in [-0.05, 0) is 61.9 Å². The van der Waals surface area contributed by atoms with Crippen molar-refractivity contribution in [3.63, 3.8) is 0 Å². The number of carbonyl (C=O) groups excluding carboxylic acids is 1. The lowest BCUT2D eigenvalue weighted by Gasteiger charge is -2.34. The van der Waals surface area contributed by atoms with E-state index in [0.29, 0.717) is 12.1 Å². The molecule has 1 aliphatic carbocycles. The van der Waals surface area contributed by atoms with E-state index in [0.717, 1.165) is 29.2 Å². The minimum absolute atomic E-state index is 0.169. The Kier molecular flexibility index (Phi) is 8.11. The van der Waals surface area contributed by atoms with Gasteiger partial charge in [0.1, 0.15) is 10.6 Å². The van der Waals surface area contributed by atoms with Gasteiger partial charge in [-0.1, -0.05) is 24.3 Å². The molecule has 16 heteroatoms. The number of carbonyl (C=O) groups is 2. The predicted molar refractivity (Wildman–Crippen MR) is 131 cm³/mol. The third kappa shape index (κ3) is 5.35. The van der Waals surface area contributed by atoms with Gasteiger partial charge in [0.05, 0.1) is 4.90 Å². The fraction of sp³-hybridized carbons (Fsp3) is 0.481. The standard InChI is InChI=1S/C27H24F9NO5S/c28-19-5-7-20(8-6-19)43(41,42)24(17-1-3-18(4-2-17)25(30,26(31,32)33)27(34,35)36)13-14-37(15-24)21(38)16-9-11-23(29,12-10-16)22(39)40/h1-8,16H,9-15H2,(H,39,40). The van der Waals surface area contributed by atoms with Crippen molar-refractivity contribution in [3.05, 3.63) is 65.5 Å². The summed E-state index contributed by atoms with van der Waals surface area (Å²) < 4.78 is 148. The van der Waals surface area contributed by atoms with Crippen molar-refractivity contribution in [2.75, 3.05) is 13.1 Å². The minimum atomic E-state index is -6.40. The Morgan fingerprint density at radius 3 is 1.81 bits per heavy atom. The highest BCUT2D eigenvalue weighted by Gasteiger charge is 2.73. The Morgan fingerprint density at radius 1 is 0.837 bits per heavy atom. The normalized spacial score (nSPS) is 25.5. The van der Waals surface area contributed by atoms with Gasteiger partial charge in [0, 0.05) is 24.6 Å². The quantitative estimate of drug-likeness (QED) is 0.308. The molecule has 1 aliphatic heterocycles. The van der Waals surface area contributed by atoms with E-state index in [9.17, 15) is 57.5 Å². The zero-order valence-corrected chi connectivity index (χ0v) is 22.8. The van der Waals surface area contributed by atoms with Crippen LogP contribution in [0.2, 0.25) is 0 Å². The second-order valence-electron chi connectivity index (χ2n) is 10.7. The first-order chi connectivity index (χ1) is 19.7. The molecule has 1 atom stereocenters. The molecule has 2 aromatic rings. The lowest BCUT2D eigenvalue weighted by molar-refractivity contribution is -0.348. The molecule has 236 valence electrons. The summed E-state index contributed by atoms with van der Waals surface area (Å²) in [5.74, 6) is -4.00. The first-order valence-corrected chi connectivity index (χ1v) is 14.3. The van der Waals surface area contributed by atoms with E-state index in [1.165, 1.54) is 0 Å². The molecule has 1 saturated heterocycles. The smallest absolute Gasteiger partial charge is 0.435 e. The number of aliphatic carboxylic acids is 1. The van der Waals surface area contributed by atoms with Crippen LogP contribution in [0.4, 0.5) is 39.5 Å². The first-order valence-electron chi connectivity index (χ1n) is 12.8. The van der Waals surface area contributed by atoms with Crippen molar-refractivity contribution in [1.82, 2.24) is 4.90 Å². The minimum Gasteiger partial charge on any atom is -0.479 e. The number of halogens is 9. The molecule has 0 aromatic heterocycles. The molecular weight excluding hydrogens is 621 g/mol. The molecule has 43 heavy (non-hydrogen) atoms. The lowest BCUT2D eigenvalue weighted by Crippen LogP contribution is -2.50. The number of nitrogens with zero attached hydrogens (tertiary/aromatic N) is 1. The second kappa shape index (κ2) is 10.7. The fourth-order valence-electron chi connectivity index (χ4n) is 5.71. The molecule has 4 rings (SSSR count). The van der Waals surface area contributed by atoms with E-state index in [1.807, 2.05) is 0 Å². The van der Waals surface area contributed by atoms with Crippen molar-refractivity contribution in [3.8, 4) is 0 Å². The number of hydrogen-bond acceptors (Lipinski definition) is 4. The maximum atomic E-state index is 14.6. The molecule has 0 bridgehead atoms. The molecule has 0 spiro atoms. The number of sulfone groups is 1. The largest absolute Gasteiger partial charge is 0.479 e. The van der Waals surface area contributed by atoms with Crippen molar-refractivity contribution < 1.29 is 62.6 Å². The maximum absolute atomic E-state index is 14.6. The van der Waals surface area contributed by atoms with Crippen molar-refractivity contribution in [1.29, 1.82) is 0 Å². The Hall–Kier alpha value is -3.30. The number of likely N-dealkylation sites (tertiary alicyclic amines) is 1. The van der Waals surface area contributed by atoms with Gasteiger partial charge in [0.2, 0.25) is 11.6 Å². The number of hydrogen-bond donors (Lipinski definition) is 1. The molecule has 2 fully saturated rings. The van der Waals surface area contributed by atoms with E-state index in [2.05, 4.69) is 0 Å². The molecule has 1 saturated carbocycles. The second-order valence-corrected chi connectivity index (χ2v) is 13.0. The van der Waals surface area contributed by atoms with Gasteiger partial charge in [-0.25, -0.2) is 26.4 Å². The predicted octanol–water partition coefficient (Wildman–Crippen LogP) is 6.00. The zero-order valence-electron chi connectivity index (χ0n) is 22.0. The zero-order chi connectivity index (χ0) is 32.2. The number of alkyl halides is 8. The molecule has 6 nitrogen and oxygen atoms in total. The number of carboxylic acids is 1. The van der Waals surface area contributed by atoms with Crippen LogP contribution in [-0.4, -0.2) is 61.4 Å². The summed E-state index contributed by atoms with van der Waals surface area (Å²) in [6, 6.07) is 5.02.